The topological polar surface area (TPSA) is 64.6 Å². The van der Waals surface area contributed by atoms with Crippen molar-refractivity contribution in [3.05, 3.63) is 36.4 Å². The van der Waals surface area contributed by atoms with E-state index in [1.54, 1.807) is 0 Å². The van der Waals surface area contributed by atoms with Crippen LogP contribution in [-0.4, -0.2) is 24.3 Å². The first kappa shape index (κ1) is 18.8. The molecule has 0 fully saturated rings. The van der Waals surface area contributed by atoms with E-state index in [2.05, 4.69) is 10.1 Å². The second-order valence-electron chi connectivity index (χ2n) is 5.66. The van der Waals surface area contributed by atoms with Crippen LogP contribution >= 0.6 is 0 Å². The quantitative estimate of drug-likeness (QED) is 0.621. The zero-order valence-corrected chi connectivity index (χ0v) is 13.5. The summed E-state index contributed by atoms with van der Waals surface area (Å²) in [5.41, 5.74) is 0.265. The molecule has 1 aromatic rings. The van der Waals surface area contributed by atoms with Crippen molar-refractivity contribution < 1.29 is 32.2 Å². The molecule has 1 amide bonds. The summed E-state index contributed by atoms with van der Waals surface area (Å²) in [6, 6.07) is 4.67. The molecule has 0 unspecified atom stereocenters. The number of carbonyl (C=O) groups excluding carboxylic acids is 2. The Morgan fingerprint density at radius 1 is 1.28 bits per heavy atom. The molecular weight excluding hydrogens is 339 g/mol. The van der Waals surface area contributed by atoms with Gasteiger partial charge in [0, 0.05) is 5.69 Å². The molecule has 0 bridgehead atoms. The number of hydrogen-bond acceptors (Lipinski definition) is 4. The molecule has 2 atom stereocenters. The van der Waals surface area contributed by atoms with Crippen LogP contribution in [0.1, 0.15) is 26.2 Å². The molecule has 25 heavy (non-hydrogen) atoms. The monoisotopic (exact) mass is 357 g/mol. The highest BCUT2D eigenvalue weighted by atomic mass is 19.4. The number of hydrogen-bond donors (Lipinski definition) is 1. The first-order valence-electron chi connectivity index (χ1n) is 7.76. The standard InChI is InChI=1S/C17H18F3NO4/c1-11(24-15(22)10-12-4-2-3-5-12)16(23)21-13-6-8-14(9-7-13)25-17(18,19)20/h2,4,6-9,11-12H,3,5,10H2,1H3,(H,21,23)/t11-,12-/m0/s1. The Morgan fingerprint density at radius 2 is 1.96 bits per heavy atom. The summed E-state index contributed by atoms with van der Waals surface area (Å²) >= 11 is 0. The van der Waals surface area contributed by atoms with E-state index in [0.29, 0.717) is 0 Å². The number of alkyl halides is 3. The van der Waals surface area contributed by atoms with E-state index in [1.165, 1.54) is 19.1 Å². The number of esters is 1. The smallest absolute Gasteiger partial charge is 0.453 e. The van der Waals surface area contributed by atoms with Crippen LogP contribution in [0.2, 0.25) is 0 Å². The highest BCUT2D eigenvalue weighted by Crippen LogP contribution is 2.24. The maximum atomic E-state index is 12.1. The van der Waals surface area contributed by atoms with Gasteiger partial charge in [0.1, 0.15) is 5.75 Å². The fourth-order valence-electron chi connectivity index (χ4n) is 2.36. The van der Waals surface area contributed by atoms with Gasteiger partial charge in [-0.25, -0.2) is 0 Å². The molecule has 0 spiro atoms. The third-order valence-corrected chi connectivity index (χ3v) is 3.57. The number of amides is 1. The number of nitrogens with one attached hydrogen (secondary N) is 1. The minimum absolute atomic E-state index is 0.143. The molecule has 0 saturated heterocycles. The van der Waals surface area contributed by atoms with Crippen LogP contribution < -0.4 is 10.1 Å². The SMILES string of the molecule is C[C@H](OC(=O)C[C@H]1C=CCC1)C(=O)Nc1ccc(OC(F)(F)F)cc1. The van der Waals surface area contributed by atoms with Crippen LogP contribution in [0.5, 0.6) is 5.75 Å². The summed E-state index contributed by atoms with van der Waals surface area (Å²) in [6.45, 7) is 1.43. The second-order valence-corrected chi connectivity index (χ2v) is 5.66. The van der Waals surface area contributed by atoms with Gasteiger partial charge in [-0.2, -0.15) is 0 Å². The minimum atomic E-state index is -4.78. The van der Waals surface area contributed by atoms with Crippen molar-refractivity contribution in [1.82, 2.24) is 0 Å². The molecule has 0 saturated carbocycles. The van der Waals surface area contributed by atoms with Gasteiger partial charge in [0.2, 0.25) is 0 Å². The van der Waals surface area contributed by atoms with Crippen LogP contribution in [0.3, 0.4) is 0 Å². The Kier molecular flexibility index (Phi) is 6.06. The largest absolute Gasteiger partial charge is 0.573 e. The average Bonchev–Trinajstić information content (AvgIpc) is 3.00. The van der Waals surface area contributed by atoms with Crippen molar-refractivity contribution in [2.24, 2.45) is 5.92 Å². The van der Waals surface area contributed by atoms with Gasteiger partial charge in [-0.1, -0.05) is 12.2 Å². The molecule has 0 heterocycles. The van der Waals surface area contributed by atoms with Crippen molar-refractivity contribution >= 4 is 17.6 Å². The van der Waals surface area contributed by atoms with Gasteiger partial charge in [0.15, 0.2) is 6.10 Å². The Bertz CT molecular complexity index is 640. The highest BCUT2D eigenvalue weighted by Gasteiger charge is 2.31. The molecule has 0 aromatic heterocycles. The molecule has 1 aliphatic carbocycles. The van der Waals surface area contributed by atoms with E-state index in [1.807, 2.05) is 12.2 Å². The number of anilines is 1. The number of ether oxygens (including phenoxy) is 2. The van der Waals surface area contributed by atoms with E-state index in [-0.39, 0.29) is 18.0 Å². The summed E-state index contributed by atoms with van der Waals surface area (Å²) in [4.78, 5) is 23.8. The van der Waals surface area contributed by atoms with Crippen molar-refractivity contribution in [3.8, 4) is 5.75 Å². The zero-order valence-electron chi connectivity index (χ0n) is 13.5. The molecular formula is C17H18F3NO4. The minimum Gasteiger partial charge on any atom is -0.453 e. The van der Waals surface area contributed by atoms with E-state index in [0.717, 1.165) is 25.0 Å². The van der Waals surface area contributed by atoms with Crippen LogP contribution in [0.15, 0.2) is 36.4 Å². The fourth-order valence-corrected chi connectivity index (χ4v) is 2.36. The maximum absolute atomic E-state index is 12.1. The Morgan fingerprint density at radius 3 is 2.52 bits per heavy atom. The molecule has 5 nitrogen and oxygen atoms in total. The number of rotatable bonds is 6. The Balaban J connectivity index is 1.81. The molecule has 0 radical (unpaired) electrons. The fraction of sp³-hybridized carbons (Fsp3) is 0.412. The maximum Gasteiger partial charge on any atom is 0.573 e. The van der Waals surface area contributed by atoms with E-state index < -0.39 is 30.1 Å². The first-order valence-corrected chi connectivity index (χ1v) is 7.76. The summed E-state index contributed by atoms with van der Waals surface area (Å²) in [6.07, 6.45) is 0.212. The predicted octanol–water partition coefficient (Wildman–Crippen LogP) is 3.81. The van der Waals surface area contributed by atoms with Gasteiger partial charge in [-0.3, -0.25) is 9.59 Å². The molecule has 1 aromatic carbocycles. The van der Waals surface area contributed by atoms with Crippen LogP contribution in [0.25, 0.3) is 0 Å². The van der Waals surface area contributed by atoms with Crippen molar-refractivity contribution in [3.63, 3.8) is 0 Å². The third kappa shape index (κ3) is 6.48. The van der Waals surface area contributed by atoms with E-state index in [9.17, 15) is 22.8 Å². The Labute approximate surface area is 142 Å². The lowest BCUT2D eigenvalue weighted by molar-refractivity contribution is -0.274. The molecule has 0 aliphatic heterocycles. The summed E-state index contributed by atoms with van der Waals surface area (Å²) in [5, 5.41) is 2.46. The Hall–Kier alpha value is -2.51. The molecule has 1 N–H and O–H groups in total. The number of allylic oxidation sites excluding steroid dienone is 2. The summed E-state index contributed by atoms with van der Waals surface area (Å²) in [7, 11) is 0. The van der Waals surface area contributed by atoms with E-state index >= 15 is 0 Å². The van der Waals surface area contributed by atoms with Crippen LogP contribution in [0, 0.1) is 5.92 Å². The van der Waals surface area contributed by atoms with Gasteiger partial charge in [0.25, 0.3) is 5.91 Å². The lowest BCUT2D eigenvalue weighted by Gasteiger charge is -2.15. The predicted molar refractivity (Wildman–Crippen MR) is 83.8 cm³/mol. The normalized spacial score (nSPS) is 17.8. The third-order valence-electron chi connectivity index (χ3n) is 3.57. The molecule has 1 aliphatic rings. The average molecular weight is 357 g/mol. The lowest BCUT2D eigenvalue weighted by Crippen LogP contribution is -2.30. The van der Waals surface area contributed by atoms with Gasteiger partial charge in [-0.15, -0.1) is 13.2 Å². The highest BCUT2D eigenvalue weighted by molar-refractivity contribution is 5.95. The van der Waals surface area contributed by atoms with Crippen molar-refractivity contribution in [2.75, 3.05) is 5.32 Å². The lowest BCUT2D eigenvalue weighted by atomic mass is 10.1. The molecule has 8 heteroatoms. The summed E-state index contributed by atoms with van der Waals surface area (Å²) < 4.78 is 45.1. The number of halogens is 3. The van der Waals surface area contributed by atoms with Gasteiger partial charge in [0.05, 0.1) is 6.42 Å². The van der Waals surface area contributed by atoms with E-state index in [4.69, 9.17) is 4.74 Å². The summed E-state index contributed by atoms with van der Waals surface area (Å²) in [5.74, 6) is -1.29. The molecule has 2 rings (SSSR count). The number of benzene rings is 1. The van der Waals surface area contributed by atoms with Crippen LogP contribution in [0.4, 0.5) is 18.9 Å². The van der Waals surface area contributed by atoms with Gasteiger partial charge < -0.3 is 14.8 Å². The second kappa shape index (κ2) is 8.04. The van der Waals surface area contributed by atoms with Crippen molar-refractivity contribution in [1.29, 1.82) is 0 Å². The first-order chi connectivity index (χ1) is 11.7. The zero-order chi connectivity index (χ0) is 18.4. The van der Waals surface area contributed by atoms with Crippen molar-refractivity contribution in [2.45, 2.75) is 38.7 Å². The van der Waals surface area contributed by atoms with Gasteiger partial charge in [-0.05, 0) is 49.9 Å². The van der Waals surface area contributed by atoms with Crippen LogP contribution in [-0.2, 0) is 14.3 Å². The molecule has 136 valence electrons. The van der Waals surface area contributed by atoms with Gasteiger partial charge >= 0.3 is 12.3 Å². The number of carbonyl (C=O) groups is 2.